The monoisotopic (exact) mass is 298 g/mol. The van der Waals surface area contributed by atoms with Gasteiger partial charge in [0, 0.05) is 5.33 Å². The van der Waals surface area contributed by atoms with Gasteiger partial charge in [-0.2, -0.15) is 0 Å². The van der Waals surface area contributed by atoms with Gasteiger partial charge in [0.25, 0.3) is 0 Å². The second-order valence-electron chi connectivity index (χ2n) is 4.38. The van der Waals surface area contributed by atoms with Crippen LogP contribution in [0.5, 0.6) is 0 Å². The lowest BCUT2D eigenvalue weighted by molar-refractivity contribution is 0.0510. The molecular weight excluding hydrogens is 276 g/mol. The van der Waals surface area contributed by atoms with Crippen LogP contribution in [0.2, 0.25) is 0 Å². The molecule has 0 saturated heterocycles. The number of hydrogen-bond donors (Lipinski definition) is 0. The molecule has 0 radical (unpaired) electrons. The molecule has 0 aromatic carbocycles. The summed E-state index contributed by atoms with van der Waals surface area (Å²) in [7, 11) is 0. The van der Waals surface area contributed by atoms with E-state index in [2.05, 4.69) is 53.9 Å². The fourth-order valence-electron chi connectivity index (χ4n) is 1.82. The van der Waals surface area contributed by atoms with Crippen molar-refractivity contribution in [1.29, 1.82) is 0 Å². The zero-order valence-corrected chi connectivity index (χ0v) is 12.5. The predicted molar refractivity (Wildman–Crippen MR) is 79.3 cm³/mol. The Hall–Kier alpha value is -0.520. The molecule has 1 aliphatic heterocycles. The zero-order valence-electron chi connectivity index (χ0n) is 10.9. The Morgan fingerprint density at radius 1 is 1.65 bits per heavy atom. The Morgan fingerprint density at radius 3 is 2.76 bits per heavy atom. The predicted octanol–water partition coefficient (Wildman–Crippen LogP) is 4.34. The van der Waals surface area contributed by atoms with E-state index in [0.29, 0.717) is 12.0 Å². The van der Waals surface area contributed by atoms with Gasteiger partial charge in [0.2, 0.25) is 0 Å². The number of hydrogen-bond acceptors (Lipinski definition) is 1. The van der Waals surface area contributed by atoms with Crippen molar-refractivity contribution in [3.8, 4) is 12.3 Å². The molecule has 96 valence electrons. The van der Waals surface area contributed by atoms with Gasteiger partial charge in [-0.15, -0.1) is 12.3 Å². The van der Waals surface area contributed by atoms with Gasteiger partial charge in [-0.25, -0.2) is 0 Å². The van der Waals surface area contributed by atoms with Crippen LogP contribution in [0, 0.1) is 18.3 Å². The highest BCUT2D eigenvalue weighted by atomic mass is 79.9. The minimum Gasteiger partial charge on any atom is -0.374 e. The van der Waals surface area contributed by atoms with E-state index >= 15 is 0 Å². The lowest BCUT2D eigenvalue weighted by Crippen LogP contribution is -2.19. The Labute approximate surface area is 114 Å². The number of halogens is 1. The van der Waals surface area contributed by atoms with Crippen LogP contribution in [-0.2, 0) is 4.74 Å². The number of allylic oxidation sites excluding steroid dienone is 1. The van der Waals surface area contributed by atoms with Gasteiger partial charge in [0.05, 0.1) is 12.7 Å². The first-order valence-corrected chi connectivity index (χ1v) is 7.12. The highest BCUT2D eigenvalue weighted by Crippen LogP contribution is 2.21. The largest absolute Gasteiger partial charge is 0.374 e. The summed E-state index contributed by atoms with van der Waals surface area (Å²) in [6.07, 6.45) is 12.7. The first-order valence-electron chi connectivity index (χ1n) is 6.00. The van der Waals surface area contributed by atoms with Crippen LogP contribution in [0.1, 0.15) is 33.1 Å². The van der Waals surface area contributed by atoms with Crippen molar-refractivity contribution in [2.24, 2.45) is 5.92 Å². The van der Waals surface area contributed by atoms with Crippen molar-refractivity contribution >= 4 is 15.9 Å². The van der Waals surface area contributed by atoms with E-state index in [1.165, 1.54) is 5.57 Å². The first-order chi connectivity index (χ1) is 8.13. The maximum Gasteiger partial charge on any atom is 0.0651 e. The highest BCUT2D eigenvalue weighted by molar-refractivity contribution is 9.09. The molecule has 2 heteroatoms. The fourth-order valence-corrected chi connectivity index (χ4v) is 2.05. The minimum absolute atomic E-state index is 0.429. The minimum atomic E-state index is 0.429. The molecular formula is C15H23BrO. The number of terminal acetylenes is 1. The lowest BCUT2D eigenvalue weighted by atomic mass is 9.95. The second kappa shape index (κ2) is 10.6. The van der Waals surface area contributed by atoms with Gasteiger partial charge in [0.1, 0.15) is 0 Å². The molecule has 1 heterocycles. The van der Waals surface area contributed by atoms with Crippen LogP contribution in [-0.4, -0.2) is 18.0 Å². The quantitative estimate of drug-likeness (QED) is 0.417. The maximum absolute atomic E-state index is 5.64. The van der Waals surface area contributed by atoms with Crippen molar-refractivity contribution in [2.75, 3.05) is 11.9 Å². The van der Waals surface area contributed by atoms with Gasteiger partial charge >= 0.3 is 0 Å². The van der Waals surface area contributed by atoms with Gasteiger partial charge in [0.15, 0.2) is 0 Å². The molecule has 0 aliphatic carbocycles. The molecule has 1 nitrogen and oxygen atoms in total. The van der Waals surface area contributed by atoms with Gasteiger partial charge < -0.3 is 4.74 Å². The Bertz CT molecular complexity index is 275. The molecule has 0 N–H and O–H groups in total. The summed E-state index contributed by atoms with van der Waals surface area (Å²) in [6.45, 7) is 8.72. The topological polar surface area (TPSA) is 9.23 Å². The van der Waals surface area contributed by atoms with Crippen molar-refractivity contribution in [1.82, 2.24) is 0 Å². The molecule has 17 heavy (non-hydrogen) atoms. The lowest BCUT2D eigenvalue weighted by Gasteiger charge is -2.22. The van der Waals surface area contributed by atoms with Crippen molar-refractivity contribution in [3.05, 3.63) is 24.3 Å². The highest BCUT2D eigenvalue weighted by Gasteiger charge is 2.14. The van der Waals surface area contributed by atoms with Gasteiger partial charge in [-0.3, -0.25) is 0 Å². The summed E-state index contributed by atoms with van der Waals surface area (Å²) in [5.41, 5.74) is 1.28. The number of ether oxygens (including phenoxy) is 1. The van der Waals surface area contributed by atoms with E-state index in [4.69, 9.17) is 4.74 Å². The molecule has 0 fully saturated rings. The molecule has 0 bridgehead atoms. The fraction of sp³-hybridized carbons (Fsp3) is 0.600. The average molecular weight is 299 g/mol. The van der Waals surface area contributed by atoms with E-state index in [0.717, 1.165) is 31.2 Å². The van der Waals surface area contributed by atoms with Gasteiger partial charge in [-0.05, 0) is 32.1 Å². The van der Waals surface area contributed by atoms with Crippen molar-refractivity contribution in [3.63, 3.8) is 0 Å². The summed E-state index contributed by atoms with van der Waals surface area (Å²) >= 11 is 3.43. The smallest absolute Gasteiger partial charge is 0.0651 e. The third-order valence-corrected chi connectivity index (χ3v) is 3.28. The SMILES string of the molecule is C#CC.C=C(CBr)CC(C)CC1CC=CCO1. The first kappa shape index (κ1) is 16.5. The summed E-state index contributed by atoms with van der Waals surface area (Å²) in [4.78, 5) is 0. The molecule has 1 rings (SSSR count). The van der Waals surface area contributed by atoms with Crippen LogP contribution < -0.4 is 0 Å². The molecule has 2 atom stereocenters. The molecule has 0 spiro atoms. The Balaban J connectivity index is 0.000000770. The number of rotatable bonds is 5. The van der Waals surface area contributed by atoms with Crippen LogP contribution >= 0.6 is 15.9 Å². The van der Waals surface area contributed by atoms with Crippen molar-refractivity contribution < 1.29 is 4.74 Å². The zero-order chi connectivity index (χ0) is 13.1. The van der Waals surface area contributed by atoms with E-state index in [1.54, 1.807) is 6.92 Å². The normalized spacial score (nSPS) is 19.8. The third-order valence-electron chi connectivity index (χ3n) is 2.49. The average Bonchev–Trinajstić information content (AvgIpc) is 2.31. The van der Waals surface area contributed by atoms with E-state index in [-0.39, 0.29) is 0 Å². The maximum atomic E-state index is 5.64. The van der Waals surface area contributed by atoms with Crippen LogP contribution in [0.4, 0.5) is 0 Å². The third kappa shape index (κ3) is 9.21. The van der Waals surface area contributed by atoms with Crippen molar-refractivity contribution in [2.45, 2.75) is 39.2 Å². The second-order valence-corrected chi connectivity index (χ2v) is 4.94. The van der Waals surface area contributed by atoms with Crippen LogP contribution in [0.25, 0.3) is 0 Å². The molecule has 0 aromatic heterocycles. The Kier molecular flexibility index (Phi) is 10.3. The standard InChI is InChI=1S/C12H19BrO.C3H4/c1-10(7-11(2)9-13)8-12-5-3-4-6-14-12;1-3-2/h3-4,10,12H,2,5-9H2,1H3;1H,2H3. The van der Waals surface area contributed by atoms with E-state index in [9.17, 15) is 0 Å². The summed E-state index contributed by atoms with van der Waals surface area (Å²) in [5, 5.41) is 0.919. The van der Waals surface area contributed by atoms with Gasteiger partial charge in [-0.1, -0.05) is 47.2 Å². The number of alkyl halides is 1. The molecule has 2 unspecified atom stereocenters. The molecule has 0 saturated carbocycles. The van der Waals surface area contributed by atoms with E-state index in [1.807, 2.05) is 0 Å². The molecule has 0 amide bonds. The summed E-state index contributed by atoms with van der Waals surface area (Å²) < 4.78 is 5.64. The van der Waals surface area contributed by atoms with Crippen LogP contribution in [0.3, 0.4) is 0 Å². The Morgan fingerprint density at radius 2 is 2.29 bits per heavy atom. The van der Waals surface area contributed by atoms with E-state index < -0.39 is 0 Å². The van der Waals surface area contributed by atoms with Crippen LogP contribution in [0.15, 0.2) is 24.3 Å². The summed E-state index contributed by atoms with van der Waals surface area (Å²) in [6, 6.07) is 0. The molecule has 1 aliphatic rings. The summed E-state index contributed by atoms with van der Waals surface area (Å²) in [5.74, 6) is 2.93. The molecule has 0 aromatic rings.